The zero-order chi connectivity index (χ0) is 12.4. The summed E-state index contributed by atoms with van der Waals surface area (Å²) in [5.41, 5.74) is 5.53. The summed E-state index contributed by atoms with van der Waals surface area (Å²) in [6.07, 6.45) is 1.96. The first-order chi connectivity index (χ1) is 8.11. The highest BCUT2D eigenvalue weighted by Crippen LogP contribution is 2.18. The minimum atomic E-state index is -1.10. The largest absolute Gasteiger partial charge is 0.478 e. The Morgan fingerprint density at radius 1 is 1.59 bits per heavy atom. The summed E-state index contributed by atoms with van der Waals surface area (Å²) in [6, 6.07) is 1.25. The summed E-state index contributed by atoms with van der Waals surface area (Å²) in [7, 11) is 0. The first-order valence-corrected chi connectivity index (χ1v) is 5.43. The summed E-state index contributed by atoms with van der Waals surface area (Å²) in [5, 5.41) is 8.72. The van der Waals surface area contributed by atoms with Crippen LogP contribution in [0, 0.1) is 5.92 Å². The molecule has 1 aromatic rings. The predicted molar refractivity (Wildman–Crippen MR) is 58.7 cm³/mol. The van der Waals surface area contributed by atoms with Gasteiger partial charge in [-0.15, -0.1) is 0 Å². The molecule has 2 heterocycles. The lowest BCUT2D eigenvalue weighted by Crippen LogP contribution is -2.29. The van der Waals surface area contributed by atoms with Crippen molar-refractivity contribution < 1.29 is 19.1 Å². The van der Waals surface area contributed by atoms with Crippen LogP contribution in [0.25, 0.3) is 0 Å². The molecule has 0 saturated carbocycles. The van der Waals surface area contributed by atoms with Crippen LogP contribution in [0.2, 0.25) is 0 Å². The molecular formula is C11H14N2O4. The SMILES string of the molecule is NCC1CCN(C(=O)c2cc(C(=O)O)co2)C1. The summed E-state index contributed by atoms with van der Waals surface area (Å²) in [6.45, 7) is 1.81. The third kappa shape index (κ3) is 2.31. The number of carbonyl (C=O) groups excluding carboxylic acids is 1. The lowest BCUT2D eigenvalue weighted by molar-refractivity contribution is 0.0695. The number of aromatic carboxylic acids is 1. The van der Waals surface area contributed by atoms with E-state index in [9.17, 15) is 9.59 Å². The Labute approximate surface area is 98.0 Å². The highest BCUT2D eigenvalue weighted by atomic mass is 16.4. The number of carboxylic acid groups (broad SMARTS) is 1. The quantitative estimate of drug-likeness (QED) is 0.794. The van der Waals surface area contributed by atoms with E-state index in [0.29, 0.717) is 25.6 Å². The van der Waals surface area contributed by atoms with Gasteiger partial charge in [0, 0.05) is 19.2 Å². The maximum Gasteiger partial charge on any atom is 0.338 e. The van der Waals surface area contributed by atoms with Crippen molar-refractivity contribution in [2.45, 2.75) is 6.42 Å². The van der Waals surface area contributed by atoms with Crippen molar-refractivity contribution in [2.24, 2.45) is 11.7 Å². The van der Waals surface area contributed by atoms with Gasteiger partial charge in [-0.1, -0.05) is 0 Å². The third-order valence-corrected chi connectivity index (χ3v) is 2.96. The summed E-state index contributed by atoms with van der Waals surface area (Å²) < 4.78 is 4.97. The Morgan fingerprint density at radius 3 is 2.88 bits per heavy atom. The van der Waals surface area contributed by atoms with E-state index < -0.39 is 5.97 Å². The Kier molecular flexibility index (Phi) is 3.14. The lowest BCUT2D eigenvalue weighted by Gasteiger charge is -2.14. The molecule has 0 aliphatic carbocycles. The summed E-state index contributed by atoms with van der Waals surface area (Å²) in [5.74, 6) is -0.976. The molecule has 92 valence electrons. The van der Waals surface area contributed by atoms with Crippen LogP contribution in [0.15, 0.2) is 16.7 Å². The van der Waals surface area contributed by atoms with Gasteiger partial charge in [-0.05, 0) is 18.9 Å². The fourth-order valence-corrected chi connectivity index (χ4v) is 1.93. The molecule has 17 heavy (non-hydrogen) atoms. The molecule has 1 fully saturated rings. The van der Waals surface area contributed by atoms with Crippen LogP contribution in [0.5, 0.6) is 0 Å². The molecule has 2 rings (SSSR count). The molecule has 1 saturated heterocycles. The second kappa shape index (κ2) is 4.58. The topological polar surface area (TPSA) is 96.8 Å². The van der Waals surface area contributed by atoms with Crippen LogP contribution < -0.4 is 5.73 Å². The minimum Gasteiger partial charge on any atom is -0.478 e. The minimum absolute atomic E-state index is 0.0112. The number of likely N-dealkylation sites (tertiary alicyclic amines) is 1. The van der Waals surface area contributed by atoms with Gasteiger partial charge < -0.3 is 20.2 Å². The van der Waals surface area contributed by atoms with Crippen molar-refractivity contribution >= 4 is 11.9 Å². The van der Waals surface area contributed by atoms with E-state index in [0.717, 1.165) is 12.7 Å². The van der Waals surface area contributed by atoms with E-state index in [1.165, 1.54) is 6.07 Å². The molecule has 1 atom stereocenters. The number of nitrogens with two attached hydrogens (primary N) is 1. The smallest absolute Gasteiger partial charge is 0.338 e. The number of amides is 1. The van der Waals surface area contributed by atoms with Crippen molar-refractivity contribution in [3.8, 4) is 0 Å². The van der Waals surface area contributed by atoms with E-state index >= 15 is 0 Å². The van der Waals surface area contributed by atoms with E-state index in [2.05, 4.69) is 0 Å². The number of rotatable bonds is 3. The van der Waals surface area contributed by atoms with Crippen LogP contribution in [0.4, 0.5) is 0 Å². The molecule has 0 radical (unpaired) electrons. The molecule has 0 aromatic carbocycles. The van der Waals surface area contributed by atoms with Gasteiger partial charge in [0.15, 0.2) is 5.76 Å². The fourth-order valence-electron chi connectivity index (χ4n) is 1.93. The zero-order valence-corrected chi connectivity index (χ0v) is 9.26. The summed E-state index contributed by atoms with van der Waals surface area (Å²) in [4.78, 5) is 24.2. The summed E-state index contributed by atoms with van der Waals surface area (Å²) >= 11 is 0. The number of nitrogens with zero attached hydrogens (tertiary/aromatic N) is 1. The van der Waals surface area contributed by atoms with Crippen molar-refractivity contribution in [2.75, 3.05) is 19.6 Å². The molecule has 1 unspecified atom stereocenters. The molecule has 1 amide bonds. The van der Waals surface area contributed by atoms with E-state index in [1.54, 1.807) is 4.90 Å². The molecular weight excluding hydrogens is 224 g/mol. The number of carboxylic acids is 1. The predicted octanol–water partition coefficient (Wildman–Crippen LogP) is 0.399. The maximum absolute atomic E-state index is 11.9. The van der Waals surface area contributed by atoms with E-state index in [4.69, 9.17) is 15.3 Å². The first-order valence-electron chi connectivity index (χ1n) is 5.43. The Morgan fingerprint density at radius 2 is 2.35 bits per heavy atom. The van der Waals surface area contributed by atoms with Gasteiger partial charge in [0.25, 0.3) is 5.91 Å². The van der Waals surface area contributed by atoms with Gasteiger partial charge in [-0.25, -0.2) is 4.79 Å². The molecule has 6 nitrogen and oxygen atoms in total. The van der Waals surface area contributed by atoms with Gasteiger partial charge in [0.2, 0.25) is 0 Å². The van der Waals surface area contributed by atoms with Crippen LogP contribution in [0.3, 0.4) is 0 Å². The molecule has 0 spiro atoms. The number of furan rings is 1. The molecule has 3 N–H and O–H groups in total. The van der Waals surface area contributed by atoms with Crippen LogP contribution >= 0.6 is 0 Å². The fraction of sp³-hybridized carbons (Fsp3) is 0.455. The van der Waals surface area contributed by atoms with Gasteiger partial charge >= 0.3 is 5.97 Å². The van der Waals surface area contributed by atoms with Crippen LogP contribution in [-0.4, -0.2) is 41.5 Å². The average Bonchev–Trinajstić information content (AvgIpc) is 2.97. The number of hydrogen-bond donors (Lipinski definition) is 2. The van der Waals surface area contributed by atoms with Crippen molar-refractivity contribution in [1.29, 1.82) is 0 Å². The molecule has 1 aromatic heterocycles. The van der Waals surface area contributed by atoms with Crippen molar-refractivity contribution in [3.63, 3.8) is 0 Å². The number of hydrogen-bond acceptors (Lipinski definition) is 4. The van der Waals surface area contributed by atoms with Crippen LogP contribution in [-0.2, 0) is 0 Å². The van der Waals surface area contributed by atoms with Gasteiger partial charge in [-0.3, -0.25) is 4.79 Å². The average molecular weight is 238 g/mol. The van der Waals surface area contributed by atoms with Crippen molar-refractivity contribution in [3.05, 3.63) is 23.7 Å². The zero-order valence-electron chi connectivity index (χ0n) is 9.26. The lowest BCUT2D eigenvalue weighted by atomic mass is 10.1. The standard InChI is InChI=1S/C11H14N2O4/c12-4-7-1-2-13(5-7)10(14)9-3-8(6-17-9)11(15)16/h3,6-7H,1-2,4-5,12H2,(H,15,16). The van der Waals surface area contributed by atoms with Crippen LogP contribution in [0.1, 0.15) is 27.3 Å². The monoisotopic (exact) mass is 238 g/mol. The Bertz CT molecular complexity index is 440. The third-order valence-electron chi connectivity index (χ3n) is 2.96. The molecule has 1 aliphatic heterocycles. The molecule has 0 bridgehead atoms. The second-order valence-corrected chi connectivity index (χ2v) is 4.15. The van der Waals surface area contributed by atoms with Crippen molar-refractivity contribution in [1.82, 2.24) is 4.90 Å². The van der Waals surface area contributed by atoms with E-state index in [-0.39, 0.29) is 17.2 Å². The molecule has 1 aliphatic rings. The maximum atomic E-state index is 11.9. The highest BCUT2D eigenvalue weighted by molar-refractivity contribution is 5.95. The number of carbonyl (C=O) groups is 2. The first kappa shape index (κ1) is 11.7. The Balaban J connectivity index is 2.07. The van der Waals surface area contributed by atoms with E-state index in [1.807, 2.05) is 0 Å². The van der Waals surface area contributed by atoms with Gasteiger partial charge in [0.1, 0.15) is 6.26 Å². The normalized spacial score (nSPS) is 19.6. The Hall–Kier alpha value is -1.82. The highest BCUT2D eigenvalue weighted by Gasteiger charge is 2.28. The van der Waals surface area contributed by atoms with Gasteiger partial charge in [0.05, 0.1) is 5.56 Å². The molecule has 6 heteroatoms. The van der Waals surface area contributed by atoms with Gasteiger partial charge in [-0.2, -0.15) is 0 Å². The second-order valence-electron chi connectivity index (χ2n) is 4.15.